The van der Waals surface area contributed by atoms with Crippen LogP contribution in [0.15, 0.2) is 16.8 Å². The normalized spacial score (nSPS) is 17.7. The fraction of sp³-hybridized carbons (Fsp3) is 0.700. The van der Waals surface area contributed by atoms with Crippen molar-refractivity contribution in [3.63, 3.8) is 0 Å². The lowest BCUT2D eigenvalue weighted by atomic mass is 9.85. The Morgan fingerprint density at radius 1 is 1.31 bits per heavy atom. The van der Waals surface area contributed by atoms with E-state index in [1.54, 1.807) is 12.3 Å². The summed E-state index contributed by atoms with van der Waals surface area (Å²) < 4.78 is 0. The van der Waals surface area contributed by atoms with Crippen LogP contribution in [-0.4, -0.2) is 30.9 Å². The molecule has 1 heterocycles. The Balaban J connectivity index is 0.000000526. The molecule has 1 aliphatic carbocycles. The van der Waals surface area contributed by atoms with Crippen LogP contribution in [0, 0.1) is 11.8 Å². The first-order chi connectivity index (χ1) is 12.5. The molecule has 3 N–H and O–H groups in total. The molecule has 6 heteroatoms. The number of hydrogen-bond acceptors (Lipinski definition) is 4. The van der Waals surface area contributed by atoms with E-state index in [1.165, 1.54) is 32.1 Å². The second-order valence-electron chi connectivity index (χ2n) is 7.00. The molecule has 148 valence electrons. The van der Waals surface area contributed by atoms with Crippen LogP contribution in [0.1, 0.15) is 72.1 Å². The molecule has 1 fully saturated rings. The minimum absolute atomic E-state index is 0.0224. The van der Waals surface area contributed by atoms with E-state index in [1.807, 2.05) is 0 Å². The first kappa shape index (κ1) is 24.0. The first-order valence-electron chi connectivity index (χ1n) is 9.62. The van der Waals surface area contributed by atoms with Gasteiger partial charge in [0.1, 0.15) is 12.0 Å². The number of primary amides is 1. The van der Waals surface area contributed by atoms with Crippen LogP contribution in [0.5, 0.6) is 0 Å². The van der Waals surface area contributed by atoms with Crippen molar-refractivity contribution in [2.45, 2.75) is 78.2 Å². The van der Waals surface area contributed by atoms with Gasteiger partial charge in [0.25, 0.3) is 5.91 Å². The maximum absolute atomic E-state index is 11.6. The second-order valence-corrected chi connectivity index (χ2v) is 7.00. The third-order valence-electron chi connectivity index (χ3n) is 4.66. The number of nitrogens with one attached hydrogen (secondary N) is 1. The van der Waals surface area contributed by atoms with Gasteiger partial charge in [-0.05, 0) is 31.3 Å². The number of rotatable bonds is 7. The van der Waals surface area contributed by atoms with Crippen molar-refractivity contribution in [3.8, 4) is 0 Å². The molecule has 0 saturated heterocycles. The molecular formula is C20H35N3O3. The lowest BCUT2D eigenvalue weighted by molar-refractivity contribution is -0.118. The fourth-order valence-electron chi connectivity index (χ4n) is 2.89. The highest BCUT2D eigenvalue weighted by molar-refractivity contribution is 6.03. The highest BCUT2D eigenvalue weighted by atomic mass is 16.2. The van der Waals surface area contributed by atoms with E-state index in [9.17, 15) is 9.59 Å². The number of aldehydes is 1. The van der Waals surface area contributed by atoms with Gasteiger partial charge in [-0.3, -0.25) is 14.6 Å². The van der Waals surface area contributed by atoms with Crippen molar-refractivity contribution in [1.82, 2.24) is 5.32 Å². The zero-order chi connectivity index (χ0) is 19.8. The number of nitrogens with zero attached hydrogens (tertiary/aromatic N) is 1. The summed E-state index contributed by atoms with van der Waals surface area (Å²) in [7, 11) is 0. The summed E-state index contributed by atoms with van der Waals surface area (Å²) in [5.74, 6) is 1.37. The van der Waals surface area contributed by atoms with Gasteiger partial charge in [0, 0.05) is 18.7 Å². The average Bonchev–Trinajstić information content (AvgIpc) is 2.55. The van der Waals surface area contributed by atoms with Gasteiger partial charge in [-0.2, -0.15) is 0 Å². The van der Waals surface area contributed by atoms with Crippen molar-refractivity contribution in [2.75, 3.05) is 0 Å². The van der Waals surface area contributed by atoms with Gasteiger partial charge in [0.2, 0.25) is 6.41 Å². The van der Waals surface area contributed by atoms with Crippen LogP contribution < -0.4 is 11.1 Å². The SMILES string of the molecule is CC(CC1CCCCC1)NC(=O)C1=CC=N1.CCC(C)CC=O.NC=O. The predicted molar refractivity (Wildman–Crippen MR) is 106 cm³/mol. The number of hydrogen-bond donors (Lipinski definition) is 2. The van der Waals surface area contributed by atoms with Crippen LogP contribution in [0.25, 0.3) is 0 Å². The molecular weight excluding hydrogens is 330 g/mol. The summed E-state index contributed by atoms with van der Waals surface area (Å²) >= 11 is 0. The summed E-state index contributed by atoms with van der Waals surface area (Å²) in [4.78, 5) is 33.8. The van der Waals surface area contributed by atoms with Crippen molar-refractivity contribution in [1.29, 1.82) is 0 Å². The predicted octanol–water partition coefficient (Wildman–Crippen LogP) is 3.15. The van der Waals surface area contributed by atoms with E-state index in [0.717, 1.165) is 31.5 Å². The Labute approximate surface area is 157 Å². The quantitative estimate of drug-likeness (QED) is 0.677. The third kappa shape index (κ3) is 11.6. The molecule has 1 aliphatic heterocycles. The van der Waals surface area contributed by atoms with Gasteiger partial charge in [-0.25, -0.2) is 0 Å². The molecule has 2 amide bonds. The summed E-state index contributed by atoms with van der Waals surface area (Å²) in [6.07, 6.45) is 14.4. The van der Waals surface area contributed by atoms with Gasteiger partial charge in [-0.15, -0.1) is 0 Å². The molecule has 0 aromatic carbocycles. The smallest absolute Gasteiger partial charge is 0.270 e. The van der Waals surface area contributed by atoms with Gasteiger partial charge in [0.05, 0.1) is 0 Å². The van der Waals surface area contributed by atoms with E-state index in [2.05, 4.69) is 36.8 Å². The van der Waals surface area contributed by atoms with E-state index in [0.29, 0.717) is 11.6 Å². The topological polar surface area (TPSA) is 102 Å². The largest absolute Gasteiger partial charge is 0.372 e. The minimum Gasteiger partial charge on any atom is -0.372 e. The minimum atomic E-state index is -0.0224. The van der Waals surface area contributed by atoms with E-state index in [4.69, 9.17) is 4.79 Å². The van der Waals surface area contributed by atoms with E-state index >= 15 is 0 Å². The molecule has 2 aliphatic rings. The lowest BCUT2D eigenvalue weighted by Gasteiger charge is -2.25. The van der Waals surface area contributed by atoms with Crippen LogP contribution in [0.3, 0.4) is 0 Å². The Hall–Kier alpha value is -1.98. The maximum Gasteiger partial charge on any atom is 0.270 e. The molecule has 2 atom stereocenters. The average molecular weight is 366 g/mol. The van der Waals surface area contributed by atoms with Crippen LogP contribution >= 0.6 is 0 Å². The molecule has 26 heavy (non-hydrogen) atoms. The number of aliphatic imine (C=N–C) groups is 1. The molecule has 0 spiro atoms. The Bertz CT molecular complexity index is 469. The zero-order valence-corrected chi connectivity index (χ0v) is 16.4. The van der Waals surface area contributed by atoms with Crippen LogP contribution in [0.2, 0.25) is 0 Å². The molecule has 1 saturated carbocycles. The van der Waals surface area contributed by atoms with Crippen LogP contribution in [0.4, 0.5) is 0 Å². The molecule has 6 nitrogen and oxygen atoms in total. The van der Waals surface area contributed by atoms with Crippen LogP contribution in [-0.2, 0) is 14.4 Å². The Morgan fingerprint density at radius 2 is 1.88 bits per heavy atom. The second kappa shape index (κ2) is 15.3. The number of carbonyl (C=O) groups excluding carboxylic acids is 3. The molecule has 2 unspecified atom stereocenters. The maximum atomic E-state index is 11.6. The first-order valence-corrected chi connectivity index (χ1v) is 9.62. The standard InChI is InChI=1S/C13H20N2O.C6H12O.CH3NO/c1-10(9-11-5-3-2-4-6-11)15-13(16)12-7-8-14-12;1-3-6(2)4-5-7;2-1-3/h7-8,10-11H,2-6,9H2,1H3,(H,15,16);5-6H,3-4H2,1-2H3;1H,(H2,2,3). The Morgan fingerprint density at radius 3 is 2.27 bits per heavy atom. The van der Waals surface area contributed by atoms with Gasteiger partial charge in [-0.1, -0.05) is 52.4 Å². The molecule has 2 rings (SSSR count). The number of nitrogens with two attached hydrogens (primary N) is 1. The molecule has 0 aromatic rings. The number of allylic oxidation sites excluding steroid dienone is 1. The van der Waals surface area contributed by atoms with Gasteiger partial charge in [0.15, 0.2) is 0 Å². The van der Waals surface area contributed by atoms with Crippen molar-refractivity contribution in [3.05, 3.63) is 11.8 Å². The Kier molecular flexibility index (Phi) is 14.1. The lowest BCUT2D eigenvalue weighted by Crippen LogP contribution is -2.35. The van der Waals surface area contributed by atoms with E-state index in [-0.39, 0.29) is 18.4 Å². The fourth-order valence-corrected chi connectivity index (χ4v) is 2.89. The van der Waals surface area contributed by atoms with Crippen molar-refractivity contribution >= 4 is 24.8 Å². The number of carbonyl (C=O) groups is 3. The molecule has 0 bridgehead atoms. The van der Waals surface area contributed by atoms with Gasteiger partial charge < -0.3 is 15.8 Å². The summed E-state index contributed by atoms with van der Waals surface area (Å²) in [6, 6.07) is 0.271. The monoisotopic (exact) mass is 365 g/mol. The summed E-state index contributed by atoms with van der Waals surface area (Å²) in [5.41, 5.74) is 4.73. The van der Waals surface area contributed by atoms with E-state index < -0.39 is 0 Å². The zero-order valence-electron chi connectivity index (χ0n) is 16.4. The highest BCUT2D eigenvalue weighted by Crippen LogP contribution is 2.27. The third-order valence-corrected chi connectivity index (χ3v) is 4.66. The highest BCUT2D eigenvalue weighted by Gasteiger charge is 2.19. The van der Waals surface area contributed by atoms with Crippen molar-refractivity contribution in [2.24, 2.45) is 22.6 Å². The summed E-state index contributed by atoms with van der Waals surface area (Å²) in [5, 5.41) is 3.01. The molecule has 0 aromatic heterocycles. The molecule has 0 radical (unpaired) electrons. The van der Waals surface area contributed by atoms with Crippen molar-refractivity contribution < 1.29 is 14.4 Å². The number of amides is 2. The van der Waals surface area contributed by atoms with Gasteiger partial charge >= 0.3 is 0 Å². The summed E-state index contributed by atoms with van der Waals surface area (Å²) in [6.45, 7) is 6.26.